The van der Waals surface area contributed by atoms with Crippen molar-refractivity contribution < 1.29 is 38.9 Å². The molecule has 0 aromatic rings. The maximum Gasteiger partial charge on any atom is 0.333 e. The Labute approximate surface area is 213 Å². The highest BCUT2D eigenvalue weighted by Gasteiger charge is 2.28. The van der Waals surface area contributed by atoms with E-state index in [1.54, 1.807) is 6.92 Å². The Balaban J connectivity index is 0. The summed E-state index contributed by atoms with van der Waals surface area (Å²) in [5, 5.41) is 24.9. The highest BCUT2D eigenvalue weighted by atomic mass is 16.5. The molecule has 3 amide bonds. The first-order valence-corrected chi connectivity index (χ1v) is 11.9. The van der Waals surface area contributed by atoms with Crippen molar-refractivity contribution in [2.45, 2.75) is 85.5 Å². The number of nitrogens with one attached hydrogen (secondary N) is 3. The number of aliphatic carboxylic acids is 1. The van der Waals surface area contributed by atoms with Gasteiger partial charge in [0.1, 0.15) is 24.7 Å². The first-order valence-electron chi connectivity index (χ1n) is 11.9. The molecule has 7 N–H and O–H groups in total. The lowest BCUT2D eigenvalue weighted by atomic mass is 10.0. The predicted octanol–water partition coefficient (Wildman–Crippen LogP) is 0.0827. The third-order valence-electron chi connectivity index (χ3n) is 4.50. The largest absolute Gasteiger partial charge is 0.480 e. The smallest absolute Gasteiger partial charge is 0.333 e. The van der Waals surface area contributed by atoms with Crippen LogP contribution in [-0.4, -0.2) is 77.3 Å². The first kappa shape index (κ1) is 35.2. The van der Waals surface area contributed by atoms with Crippen LogP contribution in [0.3, 0.4) is 0 Å². The van der Waals surface area contributed by atoms with E-state index in [2.05, 4.69) is 27.3 Å². The number of rotatable bonds is 14. The van der Waals surface area contributed by atoms with Crippen molar-refractivity contribution in [1.29, 1.82) is 0 Å². The van der Waals surface area contributed by atoms with Crippen LogP contribution in [0.1, 0.15) is 61.3 Å². The van der Waals surface area contributed by atoms with Gasteiger partial charge in [-0.3, -0.25) is 14.4 Å². The van der Waals surface area contributed by atoms with Gasteiger partial charge in [0.25, 0.3) is 0 Å². The van der Waals surface area contributed by atoms with E-state index >= 15 is 0 Å². The summed E-state index contributed by atoms with van der Waals surface area (Å²) in [4.78, 5) is 58.3. The number of carboxylic acids is 1. The van der Waals surface area contributed by atoms with Crippen LogP contribution in [0.25, 0.3) is 0 Å². The molecule has 12 heteroatoms. The quantitative estimate of drug-likeness (QED) is 0.137. The number of nitrogens with two attached hydrogens (primary N) is 1. The molecule has 0 heterocycles. The van der Waals surface area contributed by atoms with Crippen LogP contribution in [-0.2, 0) is 28.7 Å². The molecule has 4 atom stereocenters. The van der Waals surface area contributed by atoms with Crippen LogP contribution in [0.4, 0.5) is 0 Å². The van der Waals surface area contributed by atoms with Crippen molar-refractivity contribution >= 4 is 29.7 Å². The van der Waals surface area contributed by atoms with Crippen molar-refractivity contribution in [2.75, 3.05) is 13.2 Å². The maximum absolute atomic E-state index is 12.5. The van der Waals surface area contributed by atoms with Gasteiger partial charge in [-0.1, -0.05) is 34.3 Å². The van der Waals surface area contributed by atoms with E-state index in [-0.39, 0.29) is 31.5 Å². The topological polar surface area (TPSA) is 197 Å². The average Bonchev–Trinajstić information content (AvgIpc) is 2.75. The van der Waals surface area contributed by atoms with Gasteiger partial charge in [0, 0.05) is 5.57 Å². The Hall–Kier alpha value is -2.99. The fraction of sp³-hybridized carbons (Fsp3) is 0.708. The predicted molar refractivity (Wildman–Crippen MR) is 135 cm³/mol. The number of aliphatic hydroxyl groups is 1. The Morgan fingerprint density at radius 3 is 1.69 bits per heavy atom. The Morgan fingerprint density at radius 2 is 1.31 bits per heavy atom. The zero-order chi connectivity index (χ0) is 28.6. The van der Waals surface area contributed by atoms with E-state index in [1.807, 2.05) is 27.7 Å². The lowest BCUT2D eigenvalue weighted by Gasteiger charge is -2.24. The van der Waals surface area contributed by atoms with Gasteiger partial charge in [0.15, 0.2) is 0 Å². The van der Waals surface area contributed by atoms with E-state index in [0.717, 1.165) is 0 Å². The second-order valence-electron chi connectivity index (χ2n) is 9.38. The lowest BCUT2D eigenvalue weighted by molar-refractivity contribution is -0.142. The number of aliphatic hydroxyl groups excluding tert-OH is 1. The minimum Gasteiger partial charge on any atom is -0.480 e. The maximum atomic E-state index is 12.5. The van der Waals surface area contributed by atoms with Crippen LogP contribution in [0.5, 0.6) is 0 Å². The molecular weight excluding hydrogens is 472 g/mol. The zero-order valence-electron chi connectivity index (χ0n) is 22.4. The van der Waals surface area contributed by atoms with Gasteiger partial charge in [0.2, 0.25) is 17.7 Å². The number of hydrogen-bond donors (Lipinski definition) is 6. The van der Waals surface area contributed by atoms with Crippen molar-refractivity contribution in [3.05, 3.63) is 12.2 Å². The summed E-state index contributed by atoms with van der Waals surface area (Å²) < 4.78 is 4.46. The molecule has 0 aromatic heterocycles. The van der Waals surface area contributed by atoms with Crippen LogP contribution >= 0.6 is 0 Å². The Morgan fingerprint density at radius 1 is 0.833 bits per heavy atom. The molecule has 0 radical (unpaired) electrons. The average molecular weight is 517 g/mol. The van der Waals surface area contributed by atoms with Gasteiger partial charge < -0.3 is 36.6 Å². The third-order valence-corrected chi connectivity index (χ3v) is 4.50. The molecular formula is C24H44N4O8. The number of carbonyl (C=O) groups excluding carboxylic acids is 4. The van der Waals surface area contributed by atoms with Gasteiger partial charge in [-0.15, -0.1) is 0 Å². The standard InChI is InChI=1S/C18H34N4O5.C6H10O3/c1-9(2)7-13(21-15(23)11(5)19)17(25)20-12(6)16(24)22-14(18(26)27)8-10(3)4;1-5(2)6(8)9-4-3-7/h9-14H,7-8,19H2,1-6H3,(H,20,25)(H,21,23)(H,22,24)(H,26,27);7H,1,3-4H2,2H3/t11-,12-,13-,14-;/m0./s1. The summed E-state index contributed by atoms with van der Waals surface area (Å²) in [5.74, 6) is -2.95. The van der Waals surface area contributed by atoms with Crippen molar-refractivity contribution in [2.24, 2.45) is 17.6 Å². The molecule has 0 bridgehead atoms. The molecule has 0 aliphatic rings. The van der Waals surface area contributed by atoms with E-state index in [0.29, 0.717) is 12.0 Å². The molecule has 0 unspecified atom stereocenters. The monoisotopic (exact) mass is 516 g/mol. The molecule has 0 saturated carbocycles. The summed E-state index contributed by atoms with van der Waals surface area (Å²) in [6.07, 6.45) is 0.659. The van der Waals surface area contributed by atoms with Crippen molar-refractivity contribution in [3.8, 4) is 0 Å². The van der Waals surface area contributed by atoms with E-state index in [1.165, 1.54) is 13.8 Å². The summed E-state index contributed by atoms with van der Waals surface area (Å²) >= 11 is 0. The van der Waals surface area contributed by atoms with Gasteiger partial charge >= 0.3 is 11.9 Å². The van der Waals surface area contributed by atoms with Crippen molar-refractivity contribution in [3.63, 3.8) is 0 Å². The molecule has 0 fully saturated rings. The summed E-state index contributed by atoms with van der Waals surface area (Å²) in [6, 6.07) is -3.57. The van der Waals surface area contributed by atoms with E-state index in [4.69, 9.17) is 10.8 Å². The fourth-order valence-electron chi connectivity index (χ4n) is 2.64. The highest BCUT2D eigenvalue weighted by molar-refractivity contribution is 5.93. The minimum atomic E-state index is -1.13. The zero-order valence-corrected chi connectivity index (χ0v) is 22.4. The summed E-state index contributed by atoms with van der Waals surface area (Å²) in [6.45, 7) is 15.3. The normalized spacial score (nSPS) is 13.9. The molecule has 0 saturated heterocycles. The van der Waals surface area contributed by atoms with Gasteiger partial charge in [-0.25, -0.2) is 9.59 Å². The Bertz CT molecular complexity index is 752. The van der Waals surface area contributed by atoms with Gasteiger partial charge in [-0.2, -0.15) is 0 Å². The van der Waals surface area contributed by atoms with Crippen LogP contribution < -0.4 is 21.7 Å². The number of hydrogen-bond acceptors (Lipinski definition) is 8. The first-order chi connectivity index (χ1) is 16.5. The van der Waals surface area contributed by atoms with Crippen LogP contribution in [0, 0.1) is 11.8 Å². The van der Waals surface area contributed by atoms with Gasteiger partial charge in [0.05, 0.1) is 12.6 Å². The van der Waals surface area contributed by atoms with Crippen molar-refractivity contribution in [1.82, 2.24) is 16.0 Å². The molecule has 0 rings (SSSR count). The number of carbonyl (C=O) groups is 5. The molecule has 208 valence electrons. The van der Waals surface area contributed by atoms with Crippen LogP contribution in [0.15, 0.2) is 12.2 Å². The molecule has 0 aromatic carbocycles. The lowest BCUT2D eigenvalue weighted by Crippen LogP contribution is -2.56. The minimum absolute atomic E-state index is 0.0473. The van der Waals surface area contributed by atoms with Crippen LogP contribution in [0.2, 0.25) is 0 Å². The molecule has 0 aliphatic carbocycles. The number of carboxylic acid groups (broad SMARTS) is 1. The summed E-state index contributed by atoms with van der Waals surface area (Å²) in [7, 11) is 0. The molecule has 0 spiro atoms. The second-order valence-corrected chi connectivity index (χ2v) is 9.38. The third kappa shape index (κ3) is 16.6. The SMILES string of the molecule is C=C(C)C(=O)OCCO.CC(C)C[C@H](NC(=O)[C@H](C)NC(=O)[C@H](CC(C)C)NC(=O)[C@H](C)N)C(=O)O. The molecule has 0 aliphatic heterocycles. The molecule has 12 nitrogen and oxygen atoms in total. The highest BCUT2D eigenvalue weighted by Crippen LogP contribution is 2.07. The molecule has 36 heavy (non-hydrogen) atoms. The summed E-state index contributed by atoms with van der Waals surface area (Å²) in [5.41, 5.74) is 5.87. The second kappa shape index (κ2) is 18.3. The van der Waals surface area contributed by atoms with E-state index < -0.39 is 53.8 Å². The number of esters is 1. The fourth-order valence-corrected chi connectivity index (χ4v) is 2.64. The van der Waals surface area contributed by atoms with E-state index in [9.17, 15) is 29.1 Å². The number of ether oxygens (including phenoxy) is 1. The number of amides is 3. The van der Waals surface area contributed by atoms with Gasteiger partial charge in [-0.05, 0) is 45.4 Å². The Kier molecular flexibility index (Phi) is 17.9.